The number of carboxylic acid groups (broad SMARTS) is 1. The highest BCUT2D eigenvalue weighted by Gasteiger charge is 2.25. The fourth-order valence-electron chi connectivity index (χ4n) is 2.39. The van der Waals surface area contributed by atoms with Crippen LogP contribution in [0.15, 0.2) is 22.6 Å². The molecule has 2 aromatic rings. The zero-order valence-corrected chi connectivity index (χ0v) is 15.4. The molecule has 0 aliphatic heterocycles. The molecule has 0 radical (unpaired) electrons. The SMILES string of the molecule is Cc1c(C(=O)NC(CCOC(C)(C)C)C(=O)O)oc2c(Cl)cccc12. The summed E-state index contributed by atoms with van der Waals surface area (Å²) >= 11 is 6.08. The maximum atomic E-state index is 12.5. The molecule has 0 saturated carbocycles. The summed E-state index contributed by atoms with van der Waals surface area (Å²) in [7, 11) is 0. The van der Waals surface area contributed by atoms with E-state index in [1.54, 1.807) is 25.1 Å². The molecule has 0 aliphatic rings. The van der Waals surface area contributed by atoms with Crippen LogP contribution in [0.2, 0.25) is 5.02 Å². The third-order valence-electron chi connectivity index (χ3n) is 3.67. The molecule has 7 heteroatoms. The van der Waals surface area contributed by atoms with Crippen molar-refractivity contribution >= 4 is 34.4 Å². The van der Waals surface area contributed by atoms with Crippen LogP contribution in [0.1, 0.15) is 43.3 Å². The van der Waals surface area contributed by atoms with Gasteiger partial charge in [0.25, 0.3) is 5.91 Å². The molecule has 25 heavy (non-hydrogen) atoms. The number of halogens is 1. The summed E-state index contributed by atoms with van der Waals surface area (Å²) in [5.41, 5.74) is 0.652. The summed E-state index contributed by atoms with van der Waals surface area (Å²) in [6.45, 7) is 7.58. The number of para-hydroxylation sites is 1. The lowest BCUT2D eigenvalue weighted by molar-refractivity contribution is -0.140. The Bertz CT molecular complexity index is 791. The van der Waals surface area contributed by atoms with Crippen LogP contribution in [-0.4, -0.2) is 35.2 Å². The van der Waals surface area contributed by atoms with E-state index in [1.807, 2.05) is 20.8 Å². The van der Waals surface area contributed by atoms with E-state index >= 15 is 0 Å². The van der Waals surface area contributed by atoms with Crippen molar-refractivity contribution in [2.45, 2.75) is 45.8 Å². The molecule has 2 rings (SSSR count). The monoisotopic (exact) mass is 367 g/mol. The Morgan fingerprint density at radius 1 is 1.36 bits per heavy atom. The standard InChI is InChI=1S/C18H22ClNO5/c1-10-11-6-5-7-12(19)15(11)25-14(10)16(21)20-13(17(22)23)8-9-24-18(2,3)4/h5-7,13H,8-9H2,1-4H3,(H,20,21)(H,22,23). The molecule has 6 nitrogen and oxygen atoms in total. The molecular weight excluding hydrogens is 346 g/mol. The van der Waals surface area contributed by atoms with Gasteiger partial charge in [0.1, 0.15) is 6.04 Å². The van der Waals surface area contributed by atoms with Crippen molar-refractivity contribution in [3.8, 4) is 0 Å². The number of carbonyl (C=O) groups excluding carboxylic acids is 1. The van der Waals surface area contributed by atoms with Gasteiger partial charge in [0.05, 0.1) is 10.6 Å². The van der Waals surface area contributed by atoms with Crippen LogP contribution < -0.4 is 5.32 Å². The number of carboxylic acids is 1. The summed E-state index contributed by atoms with van der Waals surface area (Å²) in [5.74, 6) is -1.66. The Labute approximate surface area is 151 Å². The number of aryl methyl sites for hydroxylation is 1. The second-order valence-corrected chi connectivity index (χ2v) is 7.19. The number of amides is 1. The van der Waals surface area contributed by atoms with Gasteiger partial charge in [-0.2, -0.15) is 0 Å². The highest BCUT2D eigenvalue weighted by molar-refractivity contribution is 6.35. The first-order valence-electron chi connectivity index (χ1n) is 7.95. The van der Waals surface area contributed by atoms with Crippen molar-refractivity contribution in [1.82, 2.24) is 5.32 Å². The van der Waals surface area contributed by atoms with E-state index in [4.69, 9.17) is 20.8 Å². The van der Waals surface area contributed by atoms with E-state index in [0.717, 1.165) is 5.39 Å². The maximum absolute atomic E-state index is 12.5. The number of carbonyl (C=O) groups is 2. The van der Waals surface area contributed by atoms with Crippen LogP contribution in [0.25, 0.3) is 11.0 Å². The van der Waals surface area contributed by atoms with Crippen LogP contribution in [0.4, 0.5) is 0 Å². The molecule has 1 unspecified atom stereocenters. The summed E-state index contributed by atoms with van der Waals surface area (Å²) in [6.07, 6.45) is 0.151. The van der Waals surface area contributed by atoms with Crippen LogP contribution in [-0.2, 0) is 9.53 Å². The van der Waals surface area contributed by atoms with Crippen molar-refractivity contribution in [2.75, 3.05) is 6.61 Å². The van der Waals surface area contributed by atoms with E-state index in [0.29, 0.717) is 16.2 Å². The number of ether oxygens (including phenoxy) is 1. The number of aliphatic carboxylic acids is 1. The molecule has 1 aromatic heterocycles. The quantitative estimate of drug-likeness (QED) is 0.811. The predicted octanol–water partition coefficient (Wildman–Crippen LogP) is 3.78. The first kappa shape index (κ1) is 19.3. The molecule has 0 aliphatic carbocycles. The third-order valence-corrected chi connectivity index (χ3v) is 3.96. The average Bonchev–Trinajstić information content (AvgIpc) is 2.84. The molecule has 2 N–H and O–H groups in total. The van der Waals surface area contributed by atoms with Crippen molar-refractivity contribution in [2.24, 2.45) is 0 Å². The van der Waals surface area contributed by atoms with Crippen molar-refractivity contribution in [1.29, 1.82) is 0 Å². The number of hydrogen-bond acceptors (Lipinski definition) is 4. The second-order valence-electron chi connectivity index (χ2n) is 6.79. The Balaban J connectivity index is 2.15. The molecule has 0 bridgehead atoms. The topological polar surface area (TPSA) is 88.8 Å². The second kappa shape index (κ2) is 7.45. The van der Waals surface area contributed by atoms with Crippen molar-refractivity contribution < 1.29 is 23.8 Å². The molecule has 0 spiro atoms. The van der Waals surface area contributed by atoms with Gasteiger partial charge < -0.3 is 19.6 Å². The van der Waals surface area contributed by atoms with E-state index < -0.39 is 17.9 Å². The minimum Gasteiger partial charge on any atom is -0.480 e. The Morgan fingerprint density at radius 3 is 2.60 bits per heavy atom. The highest BCUT2D eigenvalue weighted by Crippen LogP contribution is 2.30. The summed E-state index contributed by atoms with van der Waals surface area (Å²) in [6, 6.07) is 4.15. The molecule has 0 fully saturated rings. The normalized spacial score (nSPS) is 13.0. The van der Waals surface area contributed by atoms with E-state index in [9.17, 15) is 14.7 Å². The summed E-state index contributed by atoms with van der Waals surface area (Å²) in [4.78, 5) is 23.9. The number of furan rings is 1. The van der Waals surface area contributed by atoms with Gasteiger partial charge in [-0.1, -0.05) is 23.7 Å². The highest BCUT2D eigenvalue weighted by atomic mass is 35.5. The van der Waals surface area contributed by atoms with E-state index in [2.05, 4.69) is 5.32 Å². The first-order chi connectivity index (χ1) is 11.6. The van der Waals surface area contributed by atoms with Gasteiger partial charge in [0.2, 0.25) is 0 Å². The average molecular weight is 368 g/mol. The smallest absolute Gasteiger partial charge is 0.326 e. The Morgan fingerprint density at radius 2 is 2.04 bits per heavy atom. The lowest BCUT2D eigenvalue weighted by Crippen LogP contribution is -2.42. The molecule has 136 valence electrons. The Kier molecular flexibility index (Phi) is 5.75. The zero-order valence-electron chi connectivity index (χ0n) is 14.7. The number of rotatable bonds is 6. The predicted molar refractivity (Wildman–Crippen MR) is 95.2 cm³/mol. The molecule has 0 saturated heterocycles. The molecule has 1 aromatic carbocycles. The summed E-state index contributed by atoms with van der Waals surface area (Å²) in [5, 5.41) is 12.9. The van der Waals surface area contributed by atoms with Gasteiger partial charge in [0.15, 0.2) is 11.3 Å². The van der Waals surface area contributed by atoms with Crippen molar-refractivity contribution in [3.05, 3.63) is 34.5 Å². The van der Waals surface area contributed by atoms with Gasteiger partial charge in [-0.3, -0.25) is 4.79 Å². The zero-order chi connectivity index (χ0) is 18.8. The van der Waals surface area contributed by atoms with Gasteiger partial charge in [-0.25, -0.2) is 4.79 Å². The number of nitrogens with one attached hydrogen (secondary N) is 1. The summed E-state index contributed by atoms with van der Waals surface area (Å²) < 4.78 is 11.1. The van der Waals surface area contributed by atoms with Crippen LogP contribution in [0.5, 0.6) is 0 Å². The minimum absolute atomic E-state index is 0.0612. The molecular formula is C18H22ClNO5. The van der Waals surface area contributed by atoms with Gasteiger partial charge in [-0.15, -0.1) is 0 Å². The lowest BCUT2D eigenvalue weighted by atomic mass is 10.1. The van der Waals surface area contributed by atoms with Crippen LogP contribution in [0, 0.1) is 6.92 Å². The number of fused-ring (bicyclic) bond motifs is 1. The fraction of sp³-hybridized carbons (Fsp3) is 0.444. The third kappa shape index (κ3) is 4.74. The Hall–Kier alpha value is -2.05. The lowest BCUT2D eigenvalue weighted by Gasteiger charge is -2.21. The molecule has 1 atom stereocenters. The number of benzene rings is 1. The first-order valence-corrected chi connectivity index (χ1v) is 8.33. The largest absolute Gasteiger partial charge is 0.480 e. The maximum Gasteiger partial charge on any atom is 0.326 e. The van der Waals surface area contributed by atoms with Gasteiger partial charge >= 0.3 is 5.97 Å². The van der Waals surface area contributed by atoms with Gasteiger partial charge in [-0.05, 0) is 33.8 Å². The van der Waals surface area contributed by atoms with Crippen molar-refractivity contribution in [3.63, 3.8) is 0 Å². The number of hydrogen-bond donors (Lipinski definition) is 2. The minimum atomic E-state index is -1.13. The fourth-order valence-corrected chi connectivity index (χ4v) is 2.60. The van der Waals surface area contributed by atoms with E-state index in [-0.39, 0.29) is 24.4 Å². The van der Waals surface area contributed by atoms with E-state index in [1.165, 1.54) is 0 Å². The molecule has 1 amide bonds. The van der Waals surface area contributed by atoms with Gasteiger partial charge in [0, 0.05) is 24.0 Å². The van der Waals surface area contributed by atoms with Crippen LogP contribution in [0.3, 0.4) is 0 Å². The van der Waals surface area contributed by atoms with Crippen LogP contribution >= 0.6 is 11.6 Å². The molecule has 1 heterocycles.